The van der Waals surface area contributed by atoms with Gasteiger partial charge in [0, 0.05) is 35.9 Å². The van der Waals surface area contributed by atoms with E-state index in [1.807, 2.05) is 24.3 Å². The molecule has 0 saturated carbocycles. The number of hydrogen-bond donors (Lipinski definition) is 2. The lowest BCUT2D eigenvalue weighted by Crippen LogP contribution is -2.55. The maximum Gasteiger partial charge on any atom is 0.308 e. The van der Waals surface area contributed by atoms with E-state index in [1.54, 1.807) is 31.5 Å². The maximum absolute atomic E-state index is 11.2. The molecule has 0 unspecified atom stereocenters. The molecule has 0 aliphatic carbocycles. The molecular weight excluding hydrogens is 490 g/mol. The number of aromatic nitrogens is 1. The highest BCUT2D eigenvalue weighted by atomic mass is 32.2. The first kappa shape index (κ1) is 27.2. The summed E-state index contributed by atoms with van der Waals surface area (Å²) in [6.07, 6.45) is 4.97. The number of benzene rings is 2. The van der Waals surface area contributed by atoms with E-state index in [2.05, 4.69) is 16.8 Å². The second kappa shape index (κ2) is 11.7. The first-order valence-electron chi connectivity index (χ1n) is 12.9. The van der Waals surface area contributed by atoms with Crippen molar-refractivity contribution in [3.63, 3.8) is 0 Å². The highest BCUT2D eigenvalue weighted by Crippen LogP contribution is 2.42. The van der Waals surface area contributed by atoms with Gasteiger partial charge in [-0.1, -0.05) is 19.4 Å². The van der Waals surface area contributed by atoms with Crippen molar-refractivity contribution in [3.8, 4) is 11.5 Å². The highest BCUT2D eigenvalue weighted by molar-refractivity contribution is 7.87. The molecule has 4 heterocycles. The molecule has 0 spiro atoms. The van der Waals surface area contributed by atoms with Gasteiger partial charge in [0.25, 0.3) is 0 Å². The van der Waals surface area contributed by atoms with Crippen LogP contribution >= 0.6 is 0 Å². The van der Waals surface area contributed by atoms with E-state index in [0.29, 0.717) is 5.69 Å². The van der Waals surface area contributed by atoms with Gasteiger partial charge in [0.2, 0.25) is 0 Å². The van der Waals surface area contributed by atoms with E-state index in [9.17, 15) is 13.5 Å². The van der Waals surface area contributed by atoms with Crippen LogP contribution in [-0.2, 0) is 10.1 Å². The standard InChI is InChI=1S/C20H26N2O2.C8H11NO3S/c1-3-13-12-22-9-7-14(13)10-19(22)20(23)16-6-8-21-18-5-4-15(24-2)11-17(16)18;1-2-13(10,11)12-8-5-3-4-7(9)6-8/h4-6,8,11,13-14,19-20,23H,3,7,9-10,12H2,1-2H3;3-6H,2,9H2,1H3/t13-,14-,19-,20+;/m0./s1. The van der Waals surface area contributed by atoms with Crippen LogP contribution in [0.25, 0.3) is 10.9 Å². The summed E-state index contributed by atoms with van der Waals surface area (Å²) in [5, 5.41) is 12.2. The molecule has 3 aromatic rings. The van der Waals surface area contributed by atoms with Gasteiger partial charge in [-0.3, -0.25) is 9.88 Å². The predicted molar refractivity (Wildman–Crippen MR) is 146 cm³/mol. The molecule has 0 amide bonds. The number of nitrogens with zero attached hydrogens (tertiary/aromatic N) is 2. The van der Waals surface area contributed by atoms with Crippen LogP contribution in [0.1, 0.15) is 44.8 Å². The van der Waals surface area contributed by atoms with E-state index >= 15 is 0 Å². The Morgan fingerprint density at radius 1 is 1.16 bits per heavy atom. The number of nitrogens with two attached hydrogens (primary N) is 1. The van der Waals surface area contributed by atoms with Gasteiger partial charge in [-0.25, -0.2) is 0 Å². The molecule has 1 aromatic heterocycles. The third-order valence-electron chi connectivity index (χ3n) is 7.56. The topological polar surface area (TPSA) is 115 Å². The van der Waals surface area contributed by atoms with Crippen LogP contribution in [0.5, 0.6) is 11.5 Å². The van der Waals surface area contributed by atoms with Crippen molar-refractivity contribution in [2.24, 2.45) is 11.8 Å². The smallest absolute Gasteiger partial charge is 0.308 e. The summed E-state index contributed by atoms with van der Waals surface area (Å²) in [5.41, 5.74) is 7.81. The first-order valence-corrected chi connectivity index (χ1v) is 14.4. The monoisotopic (exact) mass is 527 g/mol. The minimum Gasteiger partial charge on any atom is -0.497 e. The Morgan fingerprint density at radius 3 is 2.62 bits per heavy atom. The van der Waals surface area contributed by atoms with E-state index < -0.39 is 16.2 Å². The van der Waals surface area contributed by atoms with Gasteiger partial charge in [0.1, 0.15) is 11.5 Å². The van der Waals surface area contributed by atoms with Crippen LogP contribution in [0.15, 0.2) is 54.7 Å². The lowest BCUT2D eigenvalue weighted by atomic mass is 9.72. The van der Waals surface area contributed by atoms with Gasteiger partial charge in [-0.15, -0.1) is 0 Å². The molecule has 3 saturated heterocycles. The second-order valence-corrected chi connectivity index (χ2v) is 11.6. The molecule has 3 fully saturated rings. The second-order valence-electron chi connectivity index (χ2n) is 9.75. The van der Waals surface area contributed by atoms with Crippen molar-refractivity contribution in [2.45, 2.75) is 45.3 Å². The zero-order valence-corrected chi connectivity index (χ0v) is 22.5. The first-order chi connectivity index (χ1) is 17.7. The van der Waals surface area contributed by atoms with Gasteiger partial charge >= 0.3 is 10.1 Å². The van der Waals surface area contributed by atoms with Gasteiger partial charge in [0.05, 0.1) is 24.5 Å². The Morgan fingerprint density at radius 2 is 1.97 bits per heavy atom. The van der Waals surface area contributed by atoms with E-state index in [-0.39, 0.29) is 17.5 Å². The fourth-order valence-corrected chi connectivity index (χ4v) is 6.00. The van der Waals surface area contributed by atoms with Crippen LogP contribution in [0, 0.1) is 11.8 Å². The number of rotatable bonds is 7. The van der Waals surface area contributed by atoms with Crippen molar-refractivity contribution < 1.29 is 22.4 Å². The Balaban J connectivity index is 0.000000209. The Bertz CT molecular complexity index is 1320. The molecule has 3 N–H and O–H groups in total. The molecule has 3 aliphatic heterocycles. The lowest BCUT2D eigenvalue weighted by molar-refractivity contribution is -0.0562. The van der Waals surface area contributed by atoms with E-state index in [1.165, 1.54) is 25.8 Å². The summed E-state index contributed by atoms with van der Waals surface area (Å²) in [7, 11) is -1.77. The molecule has 200 valence electrons. The number of hydrogen-bond acceptors (Lipinski definition) is 8. The fraction of sp³-hybridized carbons (Fsp3) is 0.464. The van der Waals surface area contributed by atoms with Crippen molar-refractivity contribution in [3.05, 3.63) is 60.3 Å². The van der Waals surface area contributed by atoms with Crippen molar-refractivity contribution in [1.29, 1.82) is 0 Å². The molecule has 0 radical (unpaired) electrons. The Kier molecular flexibility index (Phi) is 8.56. The van der Waals surface area contributed by atoms with Crippen LogP contribution in [0.4, 0.5) is 5.69 Å². The fourth-order valence-electron chi connectivity index (χ4n) is 5.48. The molecule has 2 aromatic carbocycles. The van der Waals surface area contributed by atoms with Crippen molar-refractivity contribution in [1.82, 2.24) is 9.88 Å². The number of anilines is 1. The summed E-state index contributed by atoms with van der Waals surface area (Å²) in [4.78, 5) is 6.94. The minimum atomic E-state index is -3.44. The highest BCUT2D eigenvalue weighted by Gasteiger charge is 2.42. The lowest BCUT2D eigenvalue weighted by Gasteiger charge is -2.51. The van der Waals surface area contributed by atoms with Crippen LogP contribution in [-0.4, -0.2) is 55.4 Å². The number of piperidine rings is 3. The summed E-state index contributed by atoms with van der Waals surface area (Å²) < 4.78 is 32.1. The molecule has 37 heavy (non-hydrogen) atoms. The summed E-state index contributed by atoms with van der Waals surface area (Å²) >= 11 is 0. The van der Waals surface area contributed by atoms with Crippen LogP contribution in [0.2, 0.25) is 0 Å². The third-order valence-corrected chi connectivity index (χ3v) is 8.71. The molecule has 3 aliphatic rings. The molecule has 5 atom stereocenters. The average Bonchev–Trinajstić information content (AvgIpc) is 2.92. The maximum atomic E-state index is 11.2. The largest absolute Gasteiger partial charge is 0.497 e. The minimum absolute atomic E-state index is 0.0538. The zero-order valence-electron chi connectivity index (χ0n) is 21.7. The SMILES string of the molecule is CCS(=O)(=O)Oc1cccc(N)c1.CC[C@H]1C[N@]2CC[C@H]1C[C@H]2[C@H](O)c1ccnc2ccc(OC)cc12. The average molecular weight is 528 g/mol. The molecule has 8 nitrogen and oxygen atoms in total. The van der Waals surface area contributed by atoms with Crippen molar-refractivity contribution in [2.75, 3.05) is 31.7 Å². The third kappa shape index (κ3) is 6.34. The van der Waals surface area contributed by atoms with E-state index in [0.717, 1.165) is 53.6 Å². The normalized spacial score (nSPS) is 23.7. The quantitative estimate of drug-likeness (QED) is 0.343. The van der Waals surface area contributed by atoms with E-state index in [4.69, 9.17) is 14.7 Å². The predicted octanol–water partition coefficient (Wildman–Crippen LogP) is 4.39. The number of aliphatic hydroxyl groups excluding tert-OH is 1. The molecular formula is C28H37N3O5S. The molecule has 6 rings (SSSR count). The number of nitrogen functional groups attached to an aromatic ring is 1. The van der Waals surface area contributed by atoms with Gasteiger partial charge in [-0.2, -0.15) is 8.42 Å². The number of ether oxygens (including phenoxy) is 1. The van der Waals surface area contributed by atoms with Crippen molar-refractivity contribution >= 4 is 26.7 Å². The molecule has 2 bridgehead atoms. The Hall–Kier alpha value is -2.88. The number of methoxy groups -OCH3 is 1. The Labute approximate surface area is 219 Å². The van der Waals surface area contributed by atoms with Crippen LogP contribution in [0.3, 0.4) is 0 Å². The van der Waals surface area contributed by atoms with Gasteiger partial charge in [-0.05, 0) is 80.1 Å². The number of pyridine rings is 1. The summed E-state index contributed by atoms with van der Waals surface area (Å²) in [5.74, 6) is 2.57. The number of fused-ring (bicyclic) bond motifs is 4. The summed E-state index contributed by atoms with van der Waals surface area (Å²) in [6, 6.07) is 14.4. The van der Waals surface area contributed by atoms with Crippen LogP contribution < -0.4 is 14.7 Å². The summed E-state index contributed by atoms with van der Waals surface area (Å²) in [6.45, 7) is 6.06. The van der Waals surface area contributed by atoms with Gasteiger partial charge < -0.3 is 19.8 Å². The molecule has 9 heteroatoms. The van der Waals surface area contributed by atoms with Gasteiger partial charge in [0.15, 0.2) is 0 Å². The zero-order chi connectivity index (χ0) is 26.6. The number of aliphatic hydroxyl groups is 1.